The van der Waals surface area contributed by atoms with Crippen LogP contribution in [0.3, 0.4) is 0 Å². The summed E-state index contributed by atoms with van der Waals surface area (Å²) in [4.78, 5) is 4.27. The highest BCUT2D eigenvalue weighted by molar-refractivity contribution is 5.83. The van der Waals surface area contributed by atoms with Gasteiger partial charge in [-0.2, -0.15) is 0 Å². The van der Waals surface area contributed by atoms with Gasteiger partial charge in [0.1, 0.15) is 11.6 Å². The maximum Gasteiger partial charge on any atom is 0.191 e. The first kappa shape index (κ1) is 18.3. The normalized spacial score (nSPS) is 13.5. The van der Waals surface area contributed by atoms with Crippen molar-refractivity contribution >= 4 is 16.7 Å². The lowest BCUT2D eigenvalue weighted by molar-refractivity contribution is 0.311. The van der Waals surface area contributed by atoms with E-state index in [0.29, 0.717) is 13.2 Å². The first-order valence-electron chi connectivity index (χ1n) is 9.80. The summed E-state index contributed by atoms with van der Waals surface area (Å²) < 4.78 is 8.07. The molecule has 1 aliphatic heterocycles. The molecule has 28 heavy (non-hydrogen) atoms. The van der Waals surface area contributed by atoms with E-state index in [1.54, 1.807) is 7.05 Å². The van der Waals surface area contributed by atoms with Crippen molar-refractivity contribution in [2.24, 2.45) is 4.99 Å². The van der Waals surface area contributed by atoms with Gasteiger partial charge in [0.25, 0.3) is 0 Å². The van der Waals surface area contributed by atoms with Gasteiger partial charge in [0.15, 0.2) is 11.8 Å². The van der Waals surface area contributed by atoms with Gasteiger partial charge in [-0.05, 0) is 35.7 Å². The molecule has 2 N–H and O–H groups in total. The quantitative estimate of drug-likeness (QED) is 0.375. The summed E-state index contributed by atoms with van der Waals surface area (Å²) in [7, 11) is 1.77. The summed E-state index contributed by atoms with van der Waals surface area (Å²) in [5, 5.41) is 17.5. The molecule has 3 aromatic rings. The van der Waals surface area contributed by atoms with Gasteiger partial charge in [0.05, 0.1) is 13.2 Å². The monoisotopic (exact) mass is 378 g/mol. The molecule has 0 saturated carbocycles. The Morgan fingerprint density at radius 3 is 2.93 bits per heavy atom. The lowest BCUT2D eigenvalue weighted by Crippen LogP contribution is -2.38. The van der Waals surface area contributed by atoms with Crippen LogP contribution in [0.4, 0.5) is 0 Å². The van der Waals surface area contributed by atoms with Gasteiger partial charge in [0, 0.05) is 26.6 Å². The van der Waals surface area contributed by atoms with Gasteiger partial charge in [-0.25, -0.2) is 0 Å². The highest BCUT2D eigenvalue weighted by atomic mass is 16.5. The average molecular weight is 378 g/mol. The van der Waals surface area contributed by atoms with Crippen LogP contribution in [-0.2, 0) is 19.5 Å². The van der Waals surface area contributed by atoms with Crippen molar-refractivity contribution < 1.29 is 4.74 Å². The number of hydrogen-bond donors (Lipinski definition) is 2. The predicted molar refractivity (Wildman–Crippen MR) is 111 cm³/mol. The SMILES string of the molecule is CN=C(NCCCOc1ccc2ccccc2c1)NCc1nnc2n1CCC2. The van der Waals surface area contributed by atoms with E-state index in [-0.39, 0.29) is 0 Å². The van der Waals surface area contributed by atoms with Gasteiger partial charge in [-0.15, -0.1) is 10.2 Å². The van der Waals surface area contributed by atoms with Crippen molar-refractivity contribution in [3.63, 3.8) is 0 Å². The van der Waals surface area contributed by atoms with Gasteiger partial charge in [0.2, 0.25) is 0 Å². The van der Waals surface area contributed by atoms with Crippen molar-refractivity contribution in [3.05, 3.63) is 54.1 Å². The fourth-order valence-corrected chi connectivity index (χ4v) is 3.45. The Kier molecular flexibility index (Phi) is 5.70. The van der Waals surface area contributed by atoms with Crippen molar-refractivity contribution in [1.82, 2.24) is 25.4 Å². The summed E-state index contributed by atoms with van der Waals surface area (Å²) in [5.74, 6) is 3.73. The van der Waals surface area contributed by atoms with Crippen molar-refractivity contribution in [2.75, 3.05) is 20.2 Å². The third-order valence-electron chi connectivity index (χ3n) is 4.93. The number of aliphatic imine (C=N–C) groups is 1. The molecule has 0 radical (unpaired) electrons. The van der Waals surface area contributed by atoms with Crippen molar-refractivity contribution in [2.45, 2.75) is 32.4 Å². The lowest BCUT2D eigenvalue weighted by Gasteiger charge is -2.12. The molecule has 0 unspecified atom stereocenters. The van der Waals surface area contributed by atoms with E-state index < -0.39 is 0 Å². The summed E-state index contributed by atoms with van der Waals surface area (Å²) in [6, 6.07) is 14.5. The van der Waals surface area contributed by atoms with Gasteiger partial charge < -0.3 is 19.9 Å². The molecule has 7 heteroatoms. The maximum absolute atomic E-state index is 5.88. The van der Waals surface area contributed by atoms with E-state index in [0.717, 1.165) is 55.7 Å². The molecule has 0 bridgehead atoms. The second-order valence-corrected chi connectivity index (χ2v) is 6.85. The van der Waals surface area contributed by atoms with E-state index in [2.05, 4.69) is 54.7 Å². The lowest BCUT2D eigenvalue weighted by atomic mass is 10.1. The Bertz CT molecular complexity index is 964. The minimum atomic E-state index is 0.625. The Morgan fingerprint density at radius 1 is 1.14 bits per heavy atom. The van der Waals surface area contributed by atoms with E-state index in [1.165, 1.54) is 10.8 Å². The molecule has 0 fully saturated rings. The number of aromatic nitrogens is 3. The molecule has 146 valence electrons. The summed E-state index contributed by atoms with van der Waals surface area (Å²) in [6.07, 6.45) is 3.06. The second-order valence-electron chi connectivity index (χ2n) is 6.85. The first-order valence-corrected chi connectivity index (χ1v) is 9.80. The summed E-state index contributed by atoms with van der Waals surface area (Å²) >= 11 is 0. The molecule has 1 aliphatic rings. The highest BCUT2D eigenvalue weighted by Crippen LogP contribution is 2.20. The van der Waals surface area contributed by atoms with Gasteiger partial charge >= 0.3 is 0 Å². The van der Waals surface area contributed by atoms with E-state index in [4.69, 9.17) is 4.74 Å². The smallest absolute Gasteiger partial charge is 0.191 e. The van der Waals surface area contributed by atoms with Crippen LogP contribution in [0, 0.1) is 0 Å². The molecule has 0 spiro atoms. The van der Waals surface area contributed by atoms with Crippen LogP contribution in [0.25, 0.3) is 10.8 Å². The molecule has 0 aliphatic carbocycles. The topological polar surface area (TPSA) is 76.4 Å². The number of nitrogens with zero attached hydrogens (tertiary/aromatic N) is 4. The van der Waals surface area contributed by atoms with E-state index >= 15 is 0 Å². The number of ether oxygens (including phenoxy) is 1. The third kappa shape index (κ3) is 4.24. The zero-order valence-electron chi connectivity index (χ0n) is 16.2. The van der Waals surface area contributed by atoms with Crippen LogP contribution in [0.15, 0.2) is 47.5 Å². The number of aryl methyl sites for hydroxylation is 1. The number of guanidine groups is 1. The molecule has 7 nitrogen and oxygen atoms in total. The van der Waals surface area contributed by atoms with Gasteiger partial charge in [-0.3, -0.25) is 4.99 Å². The second kappa shape index (κ2) is 8.73. The fraction of sp³-hybridized carbons (Fsp3) is 0.381. The zero-order chi connectivity index (χ0) is 19.2. The Morgan fingerprint density at radius 2 is 2.04 bits per heavy atom. The van der Waals surface area contributed by atoms with Crippen molar-refractivity contribution in [1.29, 1.82) is 0 Å². The molecule has 2 aromatic carbocycles. The van der Waals surface area contributed by atoms with Crippen LogP contribution in [0.2, 0.25) is 0 Å². The minimum absolute atomic E-state index is 0.625. The van der Waals surface area contributed by atoms with E-state index in [9.17, 15) is 0 Å². The maximum atomic E-state index is 5.88. The zero-order valence-corrected chi connectivity index (χ0v) is 16.2. The Balaban J connectivity index is 1.18. The largest absolute Gasteiger partial charge is 0.494 e. The Labute approximate surface area is 164 Å². The van der Waals surface area contributed by atoms with Crippen LogP contribution in [0.1, 0.15) is 24.5 Å². The number of hydrogen-bond acceptors (Lipinski definition) is 4. The molecule has 0 atom stereocenters. The fourth-order valence-electron chi connectivity index (χ4n) is 3.45. The summed E-state index contributed by atoms with van der Waals surface area (Å²) in [5.41, 5.74) is 0. The van der Waals surface area contributed by atoms with Crippen LogP contribution in [-0.4, -0.2) is 40.9 Å². The summed E-state index contributed by atoms with van der Waals surface area (Å²) in [6.45, 7) is 3.07. The molecular formula is C21H26N6O. The van der Waals surface area contributed by atoms with Crippen molar-refractivity contribution in [3.8, 4) is 5.75 Å². The molecule has 2 heterocycles. The molecule has 1 aromatic heterocycles. The predicted octanol–water partition coefficient (Wildman–Crippen LogP) is 2.51. The molecule has 4 rings (SSSR count). The average Bonchev–Trinajstić information content (AvgIpc) is 3.34. The number of nitrogens with one attached hydrogen (secondary N) is 2. The number of fused-ring (bicyclic) bond motifs is 2. The standard InChI is InChI=1S/C21H26N6O/c1-22-21(24-15-20-26-25-19-8-4-12-27(19)20)23-11-5-13-28-18-10-9-16-6-2-3-7-17(16)14-18/h2-3,6-7,9-10,14H,4-5,8,11-13,15H2,1H3,(H2,22,23,24). The van der Waals surface area contributed by atoms with Crippen LogP contribution < -0.4 is 15.4 Å². The van der Waals surface area contributed by atoms with E-state index in [1.807, 2.05) is 18.2 Å². The molecule has 0 saturated heterocycles. The molecule has 0 amide bonds. The molecular weight excluding hydrogens is 352 g/mol. The highest BCUT2D eigenvalue weighted by Gasteiger charge is 2.16. The van der Waals surface area contributed by atoms with Gasteiger partial charge in [-0.1, -0.05) is 30.3 Å². The van der Waals surface area contributed by atoms with Crippen LogP contribution in [0.5, 0.6) is 5.75 Å². The number of benzene rings is 2. The number of rotatable bonds is 7. The first-order chi connectivity index (χ1) is 13.8. The Hall–Kier alpha value is -3.09. The third-order valence-corrected chi connectivity index (χ3v) is 4.93. The minimum Gasteiger partial charge on any atom is -0.494 e. The van der Waals surface area contributed by atoms with Crippen LogP contribution >= 0.6 is 0 Å².